The number of aliphatic carboxylic acids is 1. The first-order valence-electron chi connectivity index (χ1n) is 12.9. The van der Waals surface area contributed by atoms with Crippen LogP contribution in [0, 0.1) is 24.2 Å². The number of amides is 2. The minimum absolute atomic E-state index is 0.00921. The first kappa shape index (κ1) is 29.4. The molecular formula is C28H37N3O6S. The van der Waals surface area contributed by atoms with Gasteiger partial charge in [-0.1, -0.05) is 45.0 Å². The van der Waals surface area contributed by atoms with Gasteiger partial charge in [0.1, 0.15) is 0 Å². The molecule has 1 unspecified atom stereocenters. The second-order valence-electron chi connectivity index (χ2n) is 11.0. The summed E-state index contributed by atoms with van der Waals surface area (Å²) in [5.41, 5.74) is 4.11. The molecule has 4 atom stereocenters. The molecule has 0 bridgehead atoms. The van der Waals surface area contributed by atoms with Gasteiger partial charge in [0.15, 0.2) is 5.78 Å². The fourth-order valence-electron chi connectivity index (χ4n) is 4.85. The summed E-state index contributed by atoms with van der Waals surface area (Å²) in [4.78, 5) is 55.4. The van der Waals surface area contributed by atoms with Crippen molar-refractivity contribution in [2.75, 3.05) is 0 Å². The Kier molecular flexibility index (Phi) is 9.78. The first-order chi connectivity index (χ1) is 17.9. The predicted octanol–water partition coefficient (Wildman–Crippen LogP) is 3.48. The van der Waals surface area contributed by atoms with Gasteiger partial charge >= 0.3 is 5.97 Å². The zero-order valence-corrected chi connectivity index (χ0v) is 23.1. The number of carbonyl (C=O) groups excluding carboxylic acids is 3. The van der Waals surface area contributed by atoms with E-state index in [1.54, 1.807) is 11.3 Å². The number of aliphatic hydroxyl groups excluding tert-OH is 1. The Morgan fingerprint density at radius 2 is 1.74 bits per heavy atom. The maximum atomic E-state index is 13.6. The average molecular weight is 544 g/mol. The van der Waals surface area contributed by atoms with Crippen molar-refractivity contribution in [3.8, 4) is 10.4 Å². The zero-order chi connectivity index (χ0) is 28.0. The Hall–Kier alpha value is -3.11. The lowest BCUT2D eigenvalue weighted by Crippen LogP contribution is -2.52. The molecule has 1 aromatic carbocycles. The molecule has 0 saturated heterocycles. The minimum atomic E-state index is -0.985. The highest BCUT2D eigenvalue weighted by atomic mass is 32.1. The minimum Gasteiger partial charge on any atom is -0.481 e. The molecule has 1 aliphatic carbocycles. The van der Waals surface area contributed by atoms with Crippen LogP contribution in [-0.2, 0) is 25.7 Å². The van der Waals surface area contributed by atoms with Gasteiger partial charge in [-0.3, -0.25) is 19.2 Å². The highest BCUT2D eigenvalue weighted by molar-refractivity contribution is 7.13. The number of aliphatic hydroxyl groups is 1. The molecule has 1 aromatic heterocycles. The van der Waals surface area contributed by atoms with E-state index >= 15 is 0 Å². The highest BCUT2D eigenvalue weighted by Gasteiger charge is 2.46. The van der Waals surface area contributed by atoms with Crippen LogP contribution in [0.4, 0.5) is 0 Å². The molecule has 0 spiro atoms. The molecule has 206 valence electrons. The van der Waals surface area contributed by atoms with Crippen LogP contribution >= 0.6 is 11.3 Å². The van der Waals surface area contributed by atoms with Crippen LogP contribution in [0.5, 0.6) is 0 Å². The smallest absolute Gasteiger partial charge is 0.303 e. The molecule has 1 aliphatic rings. The quantitative estimate of drug-likeness (QED) is 0.339. The summed E-state index contributed by atoms with van der Waals surface area (Å²) in [6, 6.07) is 6.99. The SMILES string of the molecule is Cc1ncsc1-c1ccc(CNC(=O)[C@@H]2C[C@@H](O)CC2C(=O)[C@@H](NC(=O)CCCC(=O)O)C(C)(C)C)cc1. The van der Waals surface area contributed by atoms with Crippen LogP contribution in [0.25, 0.3) is 10.4 Å². The second-order valence-corrected chi connectivity index (χ2v) is 11.9. The molecule has 9 nitrogen and oxygen atoms in total. The summed E-state index contributed by atoms with van der Waals surface area (Å²) in [7, 11) is 0. The molecule has 2 amide bonds. The Balaban J connectivity index is 1.64. The topological polar surface area (TPSA) is 146 Å². The summed E-state index contributed by atoms with van der Waals surface area (Å²) in [5.74, 6) is -3.42. The summed E-state index contributed by atoms with van der Waals surface area (Å²) in [6.45, 7) is 7.72. The van der Waals surface area contributed by atoms with Crippen molar-refractivity contribution in [1.82, 2.24) is 15.6 Å². The second kappa shape index (κ2) is 12.6. The standard InChI is InChI=1S/C28H37N3O6S/c1-16-25(38-15-30-16)18-10-8-17(9-11-18)14-29-27(37)21-13-19(32)12-20(21)24(36)26(28(2,3)4)31-22(33)6-5-7-23(34)35/h8-11,15,19-21,26,32H,5-7,12-14H2,1-4H3,(H,29,37)(H,31,33)(H,34,35)/t19-,20?,21+,26+/m0/s1. The van der Waals surface area contributed by atoms with Crippen LogP contribution in [0.2, 0.25) is 0 Å². The number of nitrogens with zero attached hydrogens (tertiary/aromatic N) is 1. The van der Waals surface area contributed by atoms with Crippen molar-refractivity contribution in [3.63, 3.8) is 0 Å². The summed E-state index contributed by atoms with van der Waals surface area (Å²) >= 11 is 1.57. The lowest BCUT2D eigenvalue weighted by Gasteiger charge is -2.33. The lowest BCUT2D eigenvalue weighted by atomic mass is 9.77. The maximum absolute atomic E-state index is 13.6. The van der Waals surface area contributed by atoms with Crippen LogP contribution in [0.3, 0.4) is 0 Å². The van der Waals surface area contributed by atoms with Crippen molar-refractivity contribution < 1.29 is 29.4 Å². The van der Waals surface area contributed by atoms with Gasteiger partial charge in [0.05, 0.1) is 34.1 Å². The molecule has 2 aromatic rings. The number of hydrogen-bond acceptors (Lipinski definition) is 7. The van der Waals surface area contributed by atoms with E-state index in [4.69, 9.17) is 5.11 Å². The van der Waals surface area contributed by atoms with E-state index in [0.29, 0.717) is 0 Å². The molecule has 38 heavy (non-hydrogen) atoms. The number of thiazole rings is 1. The number of carboxylic acids is 1. The van der Waals surface area contributed by atoms with E-state index in [0.717, 1.165) is 21.7 Å². The molecule has 4 N–H and O–H groups in total. The third-order valence-corrected chi connectivity index (χ3v) is 7.90. The van der Waals surface area contributed by atoms with Crippen molar-refractivity contribution in [2.45, 2.75) is 78.5 Å². The molecule has 1 fully saturated rings. The maximum Gasteiger partial charge on any atom is 0.303 e. The van der Waals surface area contributed by atoms with Gasteiger partial charge in [-0.15, -0.1) is 11.3 Å². The van der Waals surface area contributed by atoms with E-state index in [1.807, 2.05) is 57.5 Å². The van der Waals surface area contributed by atoms with E-state index in [9.17, 15) is 24.3 Å². The number of rotatable bonds is 11. The average Bonchev–Trinajstić information content (AvgIpc) is 3.45. The molecule has 10 heteroatoms. The predicted molar refractivity (Wildman–Crippen MR) is 144 cm³/mol. The lowest BCUT2D eigenvalue weighted by molar-refractivity contribution is -0.138. The number of hydrogen-bond donors (Lipinski definition) is 4. The third kappa shape index (κ3) is 7.70. The number of ketones is 1. The van der Waals surface area contributed by atoms with E-state index in [1.165, 1.54) is 0 Å². The van der Waals surface area contributed by atoms with E-state index < -0.39 is 41.3 Å². The van der Waals surface area contributed by atoms with Crippen LogP contribution in [0.1, 0.15) is 64.1 Å². The normalized spacial score (nSPS) is 20.1. The number of aryl methyl sites for hydroxylation is 1. The molecule has 3 rings (SSSR count). The van der Waals surface area contributed by atoms with Crippen molar-refractivity contribution in [3.05, 3.63) is 41.0 Å². The van der Waals surface area contributed by atoms with Crippen molar-refractivity contribution >= 4 is 34.9 Å². The summed E-state index contributed by atoms with van der Waals surface area (Å²) in [5, 5.41) is 24.8. The zero-order valence-electron chi connectivity index (χ0n) is 22.3. The fourth-order valence-corrected chi connectivity index (χ4v) is 5.66. The molecule has 1 heterocycles. The number of nitrogens with one attached hydrogen (secondary N) is 2. The first-order valence-corrected chi connectivity index (χ1v) is 13.7. The van der Waals surface area contributed by atoms with Gasteiger partial charge < -0.3 is 20.8 Å². The Morgan fingerprint density at radius 1 is 1.08 bits per heavy atom. The van der Waals surface area contributed by atoms with E-state index in [-0.39, 0.29) is 50.3 Å². The summed E-state index contributed by atoms with van der Waals surface area (Å²) < 4.78 is 0. The highest BCUT2D eigenvalue weighted by Crippen LogP contribution is 2.36. The van der Waals surface area contributed by atoms with Gasteiger partial charge in [0, 0.05) is 25.3 Å². The molecular weight excluding hydrogens is 506 g/mol. The van der Waals surface area contributed by atoms with Crippen LogP contribution in [-0.4, -0.2) is 50.9 Å². The van der Waals surface area contributed by atoms with Crippen LogP contribution in [0.15, 0.2) is 29.8 Å². The molecule has 1 saturated carbocycles. The molecule has 0 aliphatic heterocycles. The number of carboxylic acid groups (broad SMARTS) is 1. The fraction of sp³-hybridized carbons (Fsp3) is 0.536. The van der Waals surface area contributed by atoms with Crippen molar-refractivity contribution in [1.29, 1.82) is 0 Å². The van der Waals surface area contributed by atoms with Gasteiger partial charge in [-0.2, -0.15) is 0 Å². The largest absolute Gasteiger partial charge is 0.481 e. The van der Waals surface area contributed by atoms with Crippen molar-refractivity contribution in [2.24, 2.45) is 17.3 Å². The monoisotopic (exact) mass is 543 g/mol. The molecule has 0 radical (unpaired) electrons. The van der Waals surface area contributed by atoms with Gasteiger partial charge in [0.25, 0.3) is 0 Å². The Labute approximate surface area is 227 Å². The van der Waals surface area contributed by atoms with Gasteiger partial charge in [-0.25, -0.2) is 4.98 Å². The number of aromatic nitrogens is 1. The van der Waals surface area contributed by atoms with Crippen LogP contribution < -0.4 is 10.6 Å². The number of carbonyl (C=O) groups is 4. The van der Waals surface area contributed by atoms with Gasteiger partial charge in [0.2, 0.25) is 11.8 Å². The Morgan fingerprint density at radius 3 is 2.32 bits per heavy atom. The van der Waals surface area contributed by atoms with Gasteiger partial charge in [-0.05, 0) is 42.7 Å². The third-order valence-electron chi connectivity index (χ3n) is 6.92. The number of benzene rings is 1. The van der Waals surface area contributed by atoms with E-state index in [2.05, 4.69) is 15.6 Å². The number of Topliss-reactive ketones (excluding diaryl/α,β-unsaturated/α-hetero) is 1. The Bertz CT molecular complexity index is 1150. The summed E-state index contributed by atoms with van der Waals surface area (Å²) in [6.07, 6.45) is -0.425.